The Labute approximate surface area is 128 Å². The van der Waals surface area contributed by atoms with Crippen molar-refractivity contribution in [2.24, 2.45) is 7.05 Å². The van der Waals surface area contributed by atoms with Gasteiger partial charge in [0.25, 0.3) is 0 Å². The first-order valence-electron chi connectivity index (χ1n) is 7.63. The summed E-state index contributed by atoms with van der Waals surface area (Å²) in [6.07, 6.45) is 4.58. The summed E-state index contributed by atoms with van der Waals surface area (Å²) in [5.74, 6) is 0. The third-order valence-electron chi connectivity index (χ3n) is 4.17. The van der Waals surface area contributed by atoms with Gasteiger partial charge < -0.3 is 0 Å². The highest BCUT2D eigenvalue weighted by Gasteiger charge is 2.39. The summed E-state index contributed by atoms with van der Waals surface area (Å²) < 4.78 is 29.6. The molecule has 6 heteroatoms. The molecule has 0 radical (unpaired) electrons. The molecule has 2 unspecified atom stereocenters. The van der Waals surface area contributed by atoms with E-state index in [-0.39, 0.29) is 17.5 Å². The zero-order valence-electron chi connectivity index (χ0n) is 13.9. The van der Waals surface area contributed by atoms with Gasteiger partial charge in [0.1, 0.15) is 4.90 Å². The van der Waals surface area contributed by atoms with Crippen molar-refractivity contribution in [2.45, 2.75) is 76.3 Å². The molecule has 2 heterocycles. The first-order valence-corrected chi connectivity index (χ1v) is 9.07. The topological polar surface area (TPSA) is 55.2 Å². The minimum absolute atomic E-state index is 0.0479. The van der Waals surface area contributed by atoms with E-state index in [1.165, 1.54) is 0 Å². The molecule has 2 rings (SSSR count). The lowest BCUT2D eigenvalue weighted by atomic mass is 9.92. The average Bonchev–Trinajstić information content (AvgIpc) is 2.71. The number of hydrogen-bond donors (Lipinski definition) is 0. The highest BCUT2D eigenvalue weighted by atomic mass is 32.2. The van der Waals surface area contributed by atoms with Crippen LogP contribution in [0.1, 0.15) is 59.6 Å². The van der Waals surface area contributed by atoms with Crippen molar-refractivity contribution in [3.63, 3.8) is 0 Å². The van der Waals surface area contributed by atoms with E-state index in [1.807, 2.05) is 34.6 Å². The van der Waals surface area contributed by atoms with Crippen LogP contribution in [0.15, 0.2) is 11.1 Å². The molecule has 2 atom stereocenters. The number of rotatable bonds is 2. The Bertz CT molecular complexity index is 603. The molecular formula is C15H27N3O2S. The van der Waals surface area contributed by atoms with Gasteiger partial charge in [-0.15, -0.1) is 0 Å². The summed E-state index contributed by atoms with van der Waals surface area (Å²) in [7, 11) is -1.73. The van der Waals surface area contributed by atoms with Crippen LogP contribution in [0.3, 0.4) is 0 Å². The monoisotopic (exact) mass is 313 g/mol. The number of sulfonamides is 1. The first kappa shape index (κ1) is 16.5. The minimum Gasteiger partial charge on any atom is -0.274 e. The van der Waals surface area contributed by atoms with Crippen molar-refractivity contribution >= 4 is 10.0 Å². The molecule has 120 valence electrons. The van der Waals surface area contributed by atoms with Crippen LogP contribution < -0.4 is 0 Å². The van der Waals surface area contributed by atoms with Crippen LogP contribution in [0.2, 0.25) is 0 Å². The number of aromatic nitrogens is 2. The van der Waals surface area contributed by atoms with E-state index < -0.39 is 10.0 Å². The Balaban J connectivity index is 2.54. The molecule has 1 aliphatic heterocycles. The molecule has 1 saturated heterocycles. The molecule has 0 saturated carbocycles. The van der Waals surface area contributed by atoms with Gasteiger partial charge in [-0.25, -0.2) is 8.42 Å². The standard InChI is InChI=1S/C15H27N3O2S/c1-11-8-7-9-12(2)18(11)21(19,20)13-10-17(6)16-14(13)15(3,4)5/h10-12H,7-9H2,1-6H3. The molecular weight excluding hydrogens is 286 g/mol. The van der Waals surface area contributed by atoms with E-state index in [4.69, 9.17) is 0 Å². The van der Waals surface area contributed by atoms with Gasteiger partial charge in [-0.3, -0.25) is 4.68 Å². The van der Waals surface area contributed by atoms with Gasteiger partial charge in [-0.1, -0.05) is 27.2 Å². The van der Waals surface area contributed by atoms with Gasteiger partial charge >= 0.3 is 0 Å². The summed E-state index contributed by atoms with van der Waals surface area (Å²) in [6, 6.07) is 0.0959. The molecule has 0 amide bonds. The van der Waals surface area contributed by atoms with Gasteiger partial charge in [0.05, 0.1) is 5.69 Å². The molecule has 1 fully saturated rings. The second kappa shape index (κ2) is 5.39. The molecule has 5 nitrogen and oxygen atoms in total. The second-order valence-electron chi connectivity index (χ2n) is 7.23. The van der Waals surface area contributed by atoms with Gasteiger partial charge in [0, 0.05) is 30.7 Å². The third-order valence-corrected chi connectivity index (χ3v) is 6.30. The second-order valence-corrected chi connectivity index (χ2v) is 9.04. The smallest absolute Gasteiger partial charge is 0.246 e. The third kappa shape index (κ3) is 3.01. The Hall–Kier alpha value is -0.880. The normalized spacial score (nSPS) is 25.2. The molecule has 0 aromatic carbocycles. The lowest BCUT2D eigenvalue weighted by Crippen LogP contribution is -2.47. The van der Waals surface area contributed by atoms with Crippen LogP contribution in [-0.4, -0.2) is 34.6 Å². The molecule has 1 aromatic rings. The van der Waals surface area contributed by atoms with Crippen molar-refractivity contribution < 1.29 is 8.42 Å². The van der Waals surface area contributed by atoms with Gasteiger partial charge in [-0.2, -0.15) is 9.40 Å². The predicted molar refractivity (Wildman–Crippen MR) is 83.7 cm³/mol. The Morgan fingerprint density at radius 3 is 2.19 bits per heavy atom. The van der Waals surface area contributed by atoms with E-state index in [0.717, 1.165) is 19.3 Å². The quantitative estimate of drug-likeness (QED) is 0.843. The van der Waals surface area contributed by atoms with Crippen molar-refractivity contribution in [1.29, 1.82) is 0 Å². The highest BCUT2D eigenvalue weighted by Crippen LogP contribution is 2.34. The zero-order chi connectivity index (χ0) is 16.0. The minimum atomic E-state index is -3.50. The van der Waals surface area contributed by atoms with Crippen molar-refractivity contribution in [2.75, 3.05) is 0 Å². The number of aryl methyl sites for hydroxylation is 1. The predicted octanol–water partition coefficient (Wildman–Crippen LogP) is 2.67. The van der Waals surface area contributed by atoms with Crippen molar-refractivity contribution in [3.8, 4) is 0 Å². The largest absolute Gasteiger partial charge is 0.274 e. The fourth-order valence-electron chi connectivity index (χ4n) is 3.16. The van der Waals surface area contributed by atoms with E-state index in [9.17, 15) is 8.42 Å². The Kier molecular flexibility index (Phi) is 4.23. The maximum Gasteiger partial charge on any atom is 0.246 e. The van der Waals surface area contributed by atoms with Gasteiger partial charge in [-0.05, 0) is 26.7 Å². The summed E-state index contributed by atoms with van der Waals surface area (Å²) >= 11 is 0. The van der Waals surface area contributed by atoms with E-state index in [1.54, 1.807) is 22.2 Å². The fraction of sp³-hybridized carbons (Fsp3) is 0.800. The number of nitrogens with zero attached hydrogens (tertiary/aromatic N) is 3. The SMILES string of the molecule is CC1CCCC(C)N1S(=O)(=O)c1cn(C)nc1C(C)(C)C. The summed E-state index contributed by atoms with van der Waals surface area (Å²) in [5, 5.41) is 4.40. The first-order chi connectivity index (χ1) is 9.55. The summed E-state index contributed by atoms with van der Waals surface area (Å²) in [6.45, 7) is 9.99. The molecule has 1 aliphatic rings. The maximum atomic E-state index is 13.2. The van der Waals surface area contributed by atoms with Crippen molar-refractivity contribution in [3.05, 3.63) is 11.9 Å². The van der Waals surface area contributed by atoms with Crippen LogP contribution in [0.4, 0.5) is 0 Å². The van der Waals surface area contributed by atoms with Gasteiger partial charge in [0.15, 0.2) is 0 Å². The van der Waals surface area contributed by atoms with Gasteiger partial charge in [0.2, 0.25) is 10.0 Å². The lowest BCUT2D eigenvalue weighted by molar-refractivity contribution is 0.204. The van der Waals surface area contributed by atoms with E-state index in [2.05, 4.69) is 5.10 Å². The summed E-state index contributed by atoms with van der Waals surface area (Å²) in [5.41, 5.74) is 0.348. The lowest BCUT2D eigenvalue weighted by Gasteiger charge is -2.37. The zero-order valence-corrected chi connectivity index (χ0v) is 14.7. The number of hydrogen-bond acceptors (Lipinski definition) is 3. The molecule has 1 aromatic heterocycles. The fourth-order valence-corrected chi connectivity index (χ4v) is 5.42. The van der Waals surface area contributed by atoms with Crippen LogP contribution in [-0.2, 0) is 22.5 Å². The van der Waals surface area contributed by atoms with E-state index >= 15 is 0 Å². The van der Waals surface area contributed by atoms with Crippen LogP contribution in [0.5, 0.6) is 0 Å². The maximum absolute atomic E-state index is 13.2. The molecule has 21 heavy (non-hydrogen) atoms. The highest BCUT2D eigenvalue weighted by molar-refractivity contribution is 7.89. The molecule has 0 aliphatic carbocycles. The summed E-state index contributed by atoms with van der Waals surface area (Å²) in [4.78, 5) is 0.359. The van der Waals surface area contributed by atoms with E-state index in [0.29, 0.717) is 10.6 Å². The van der Waals surface area contributed by atoms with Crippen LogP contribution in [0.25, 0.3) is 0 Å². The van der Waals surface area contributed by atoms with Crippen LogP contribution >= 0.6 is 0 Å². The van der Waals surface area contributed by atoms with Crippen molar-refractivity contribution in [1.82, 2.24) is 14.1 Å². The number of piperidine rings is 1. The Morgan fingerprint density at radius 1 is 1.19 bits per heavy atom. The molecule has 0 N–H and O–H groups in total. The molecule has 0 bridgehead atoms. The Morgan fingerprint density at radius 2 is 1.71 bits per heavy atom. The molecule has 0 spiro atoms. The van der Waals surface area contributed by atoms with Crippen LogP contribution in [0, 0.1) is 0 Å². The average molecular weight is 313 g/mol.